The molecule has 0 bridgehead atoms. The van der Waals surface area contributed by atoms with Gasteiger partial charge in [-0.25, -0.2) is 0 Å². The van der Waals surface area contributed by atoms with E-state index in [0.29, 0.717) is 12.8 Å². The number of carbonyl (C=O) groups is 1. The first-order valence-corrected chi connectivity index (χ1v) is 7.08. The Hall–Kier alpha value is -1.53. The molecule has 1 unspecified atom stereocenters. The average molecular weight is 336 g/mol. The molecule has 1 aromatic carbocycles. The Morgan fingerprint density at radius 1 is 1.45 bits per heavy atom. The highest BCUT2D eigenvalue weighted by Crippen LogP contribution is 2.32. The number of nitrogens with one attached hydrogen (secondary N) is 1. The van der Waals surface area contributed by atoms with Crippen LogP contribution >= 0.6 is 11.6 Å². The van der Waals surface area contributed by atoms with Gasteiger partial charge >= 0.3 is 6.18 Å². The molecule has 2 N–H and O–H groups in total. The molecule has 1 amide bonds. The maximum Gasteiger partial charge on any atom is 0.416 e. The van der Waals surface area contributed by atoms with Crippen LogP contribution in [0, 0.1) is 0 Å². The van der Waals surface area contributed by atoms with Crippen LogP contribution in [0.25, 0.3) is 6.08 Å². The van der Waals surface area contributed by atoms with Crippen LogP contribution in [0.1, 0.15) is 30.9 Å². The molecule has 0 radical (unpaired) electrons. The van der Waals surface area contributed by atoms with Gasteiger partial charge in [0.2, 0.25) is 5.91 Å². The number of benzene rings is 1. The highest BCUT2D eigenvalue weighted by atomic mass is 35.5. The molecule has 1 aromatic rings. The van der Waals surface area contributed by atoms with Crippen LogP contribution in [0.5, 0.6) is 0 Å². The summed E-state index contributed by atoms with van der Waals surface area (Å²) in [5.74, 6) is -0.432. The fourth-order valence-electron chi connectivity index (χ4n) is 1.77. The molecule has 0 saturated heterocycles. The van der Waals surface area contributed by atoms with Crippen molar-refractivity contribution in [2.75, 3.05) is 6.61 Å². The van der Waals surface area contributed by atoms with E-state index in [-0.39, 0.29) is 23.2 Å². The summed E-state index contributed by atoms with van der Waals surface area (Å²) in [5.41, 5.74) is -0.706. The molecule has 0 aliphatic carbocycles. The van der Waals surface area contributed by atoms with Crippen molar-refractivity contribution in [1.29, 1.82) is 0 Å². The number of carbonyl (C=O) groups excluding carboxylic acids is 1. The molecule has 0 heterocycles. The molecular formula is C15H17ClF3NO2. The summed E-state index contributed by atoms with van der Waals surface area (Å²) < 4.78 is 37.9. The van der Waals surface area contributed by atoms with E-state index in [1.807, 2.05) is 0 Å². The lowest BCUT2D eigenvalue weighted by molar-refractivity contribution is -0.137. The van der Waals surface area contributed by atoms with Crippen molar-refractivity contribution in [2.24, 2.45) is 0 Å². The van der Waals surface area contributed by atoms with Crippen molar-refractivity contribution >= 4 is 23.6 Å². The summed E-state index contributed by atoms with van der Waals surface area (Å²) in [6.07, 6.45) is -0.915. The summed E-state index contributed by atoms with van der Waals surface area (Å²) in [4.78, 5) is 11.7. The van der Waals surface area contributed by atoms with Crippen LogP contribution in [0.2, 0.25) is 5.02 Å². The summed E-state index contributed by atoms with van der Waals surface area (Å²) in [7, 11) is 0. The minimum absolute atomic E-state index is 0.0376. The fraction of sp³-hybridized carbons (Fsp3) is 0.400. The number of hydrogen-bond donors (Lipinski definition) is 2. The third-order valence-electron chi connectivity index (χ3n) is 2.92. The van der Waals surface area contributed by atoms with Gasteiger partial charge in [-0.1, -0.05) is 11.6 Å². The van der Waals surface area contributed by atoms with E-state index >= 15 is 0 Å². The van der Waals surface area contributed by atoms with Gasteiger partial charge in [0, 0.05) is 23.7 Å². The lowest BCUT2D eigenvalue weighted by Crippen LogP contribution is -2.31. The Kier molecular flexibility index (Phi) is 6.90. The lowest BCUT2D eigenvalue weighted by Gasteiger charge is -2.11. The summed E-state index contributed by atoms with van der Waals surface area (Å²) in [6, 6.07) is 2.78. The third kappa shape index (κ3) is 6.07. The van der Waals surface area contributed by atoms with Crippen molar-refractivity contribution in [3.63, 3.8) is 0 Å². The fourth-order valence-corrected chi connectivity index (χ4v) is 1.95. The van der Waals surface area contributed by atoms with E-state index < -0.39 is 17.6 Å². The zero-order valence-corrected chi connectivity index (χ0v) is 12.7. The Morgan fingerprint density at radius 3 is 2.73 bits per heavy atom. The zero-order valence-electron chi connectivity index (χ0n) is 12.0. The molecule has 0 aliphatic heterocycles. The number of aliphatic hydroxyl groups excluding tert-OH is 1. The Morgan fingerprint density at radius 2 is 2.14 bits per heavy atom. The summed E-state index contributed by atoms with van der Waals surface area (Å²) in [6.45, 7) is 1.81. The van der Waals surface area contributed by atoms with E-state index in [9.17, 15) is 18.0 Å². The maximum atomic E-state index is 12.6. The number of rotatable bonds is 6. The second kappa shape index (κ2) is 8.19. The Bertz CT molecular complexity index is 544. The standard InChI is InChI=1S/C15H17ClF3NO2/c1-10(3-2-8-21)20-14(22)7-4-11-9-12(15(17,18)19)5-6-13(11)16/h4-7,9-10,21H,2-3,8H2,1H3,(H,20,22)/b7-4+. The normalized spacial score (nSPS) is 13.4. The molecule has 22 heavy (non-hydrogen) atoms. The molecule has 0 aliphatic rings. The van der Waals surface area contributed by atoms with Crippen molar-refractivity contribution < 1.29 is 23.1 Å². The molecule has 7 heteroatoms. The lowest BCUT2D eigenvalue weighted by atomic mass is 10.1. The summed E-state index contributed by atoms with van der Waals surface area (Å²) >= 11 is 5.83. The maximum absolute atomic E-state index is 12.6. The van der Waals surface area contributed by atoms with Gasteiger partial charge in [-0.05, 0) is 49.6 Å². The largest absolute Gasteiger partial charge is 0.416 e. The van der Waals surface area contributed by atoms with Crippen LogP contribution in [-0.4, -0.2) is 23.7 Å². The zero-order chi connectivity index (χ0) is 16.8. The van der Waals surface area contributed by atoms with Crippen LogP contribution in [0.15, 0.2) is 24.3 Å². The predicted octanol–water partition coefficient (Wildman–Crippen LogP) is 3.65. The van der Waals surface area contributed by atoms with Gasteiger partial charge in [0.1, 0.15) is 0 Å². The highest BCUT2D eigenvalue weighted by molar-refractivity contribution is 6.32. The van der Waals surface area contributed by atoms with Crippen molar-refractivity contribution in [2.45, 2.75) is 32.0 Å². The van der Waals surface area contributed by atoms with Gasteiger partial charge in [-0.15, -0.1) is 0 Å². The van der Waals surface area contributed by atoms with Crippen LogP contribution in [-0.2, 0) is 11.0 Å². The number of aliphatic hydroxyl groups is 1. The molecular weight excluding hydrogens is 319 g/mol. The van der Waals surface area contributed by atoms with E-state index in [4.69, 9.17) is 16.7 Å². The van der Waals surface area contributed by atoms with Crippen LogP contribution in [0.4, 0.5) is 13.2 Å². The number of alkyl halides is 3. The van der Waals surface area contributed by atoms with E-state index in [1.165, 1.54) is 6.08 Å². The molecule has 122 valence electrons. The van der Waals surface area contributed by atoms with Crippen LogP contribution in [0.3, 0.4) is 0 Å². The van der Waals surface area contributed by atoms with Crippen molar-refractivity contribution in [3.8, 4) is 0 Å². The topological polar surface area (TPSA) is 49.3 Å². The number of halogens is 4. The minimum Gasteiger partial charge on any atom is -0.396 e. The molecule has 1 atom stereocenters. The minimum atomic E-state index is -4.46. The molecule has 0 saturated carbocycles. The Labute approximate surface area is 131 Å². The first kappa shape index (κ1) is 18.5. The van der Waals surface area contributed by atoms with Gasteiger partial charge in [0.05, 0.1) is 5.56 Å². The van der Waals surface area contributed by atoms with E-state index in [1.54, 1.807) is 6.92 Å². The second-order valence-corrected chi connectivity index (χ2v) is 5.25. The SMILES string of the molecule is CC(CCCO)NC(=O)/C=C/c1cc(C(F)(F)F)ccc1Cl. The molecule has 1 rings (SSSR count). The molecule has 3 nitrogen and oxygen atoms in total. The van der Waals surface area contributed by atoms with Gasteiger partial charge in [-0.2, -0.15) is 13.2 Å². The number of amides is 1. The average Bonchev–Trinajstić information content (AvgIpc) is 2.43. The predicted molar refractivity (Wildman–Crippen MR) is 79.4 cm³/mol. The molecule has 0 spiro atoms. The van der Waals surface area contributed by atoms with Gasteiger partial charge in [0.15, 0.2) is 0 Å². The van der Waals surface area contributed by atoms with E-state index in [0.717, 1.165) is 24.3 Å². The Balaban J connectivity index is 2.75. The quantitative estimate of drug-likeness (QED) is 0.780. The number of hydrogen-bond acceptors (Lipinski definition) is 2. The highest BCUT2D eigenvalue weighted by Gasteiger charge is 2.30. The van der Waals surface area contributed by atoms with Gasteiger partial charge < -0.3 is 10.4 Å². The van der Waals surface area contributed by atoms with Crippen LogP contribution < -0.4 is 5.32 Å². The van der Waals surface area contributed by atoms with Gasteiger partial charge in [0.25, 0.3) is 0 Å². The second-order valence-electron chi connectivity index (χ2n) is 4.84. The summed E-state index contributed by atoms with van der Waals surface area (Å²) in [5, 5.41) is 11.5. The van der Waals surface area contributed by atoms with E-state index in [2.05, 4.69) is 5.32 Å². The van der Waals surface area contributed by atoms with Crippen molar-refractivity contribution in [1.82, 2.24) is 5.32 Å². The van der Waals surface area contributed by atoms with Crippen molar-refractivity contribution in [3.05, 3.63) is 40.4 Å². The first-order chi connectivity index (χ1) is 10.2. The monoisotopic (exact) mass is 335 g/mol. The smallest absolute Gasteiger partial charge is 0.396 e. The molecule has 0 fully saturated rings. The molecule has 0 aromatic heterocycles. The first-order valence-electron chi connectivity index (χ1n) is 6.70. The third-order valence-corrected chi connectivity index (χ3v) is 3.27. The van der Waals surface area contributed by atoms with Gasteiger partial charge in [-0.3, -0.25) is 4.79 Å².